The van der Waals surface area contributed by atoms with Gasteiger partial charge in [-0.1, -0.05) is 19.1 Å². The van der Waals surface area contributed by atoms with Crippen molar-refractivity contribution in [3.63, 3.8) is 0 Å². The number of anilines is 3. The highest BCUT2D eigenvalue weighted by Crippen LogP contribution is 2.35. The molecule has 8 nitrogen and oxygen atoms in total. The minimum Gasteiger partial charge on any atom is -0.379 e. The van der Waals surface area contributed by atoms with E-state index in [1.54, 1.807) is 4.90 Å². The summed E-state index contributed by atoms with van der Waals surface area (Å²) < 4.78 is 46.3. The topological polar surface area (TPSA) is 82.6 Å². The standard InChI is InChI=1S/C27H37F3N6O2/c1-3-19-17-21(20-7-12-35(2)13-8-20)5-6-23(19)33-26-32-18-22(27(28,29)30)25(34-26)31-10-4-11-36-14-16-38-15-9-24(36)37/h5-6,17-18,20H,3-4,7-16H2,1-2H3,(H2,31,32,33,34). The van der Waals surface area contributed by atoms with Crippen LogP contribution in [0.2, 0.25) is 0 Å². The molecular formula is C27H37F3N6O2. The Hall–Kier alpha value is -2.92. The Labute approximate surface area is 222 Å². The van der Waals surface area contributed by atoms with Gasteiger partial charge in [0.1, 0.15) is 11.4 Å². The van der Waals surface area contributed by atoms with Gasteiger partial charge in [0.25, 0.3) is 0 Å². The molecule has 4 rings (SSSR count). The average molecular weight is 535 g/mol. The fraction of sp³-hybridized carbons (Fsp3) is 0.593. The Morgan fingerprint density at radius 1 is 1.16 bits per heavy atom. The Kier molecular flexibility index (Phi) is 9.43. The van der Waals surface area contributed by atoms with Crippen LogP contribution in [0.25, 0.3) is 0 Å². The minimum absolute atomic E-state index is 0.000530. The molecule has 2 fully saturated rings. The number of amides is 1. The van der Waals surface area contributed by atoms with Crippen LogP contribution in [0.4, 0.5) is 30.6 Å². The third-order valence-electron chi connectivity index (χ3n) is 7.26. The zero-order valence-corrected chi connectivity index (χ0v) is 22.1. The van der Waals surface area contributed by atoms with E-state index in [0.29, 0.717) is 45.1 Å². The zero-order valence-electron chi connectivity index (χ0n) is 22.1. The summed E-state index contributed by atoms with van der Waals surface area (Å²) in [5.74, 6) is 0.338. The summed E-state index contributed by atoms with van der Waals surface area (Å²) in [6, 6.07) is 6.26. The predicted molar refractivity (Wildman–Crippen MR) is 141 cm³/mol. The second-order valence-electron chi connectivity index (χ2n) is 9.95. The summed E-state index contributed by atoms with van der Waals surface area (Å²) >= 11 is 0. The highest BCUT2D eigenvalue weighted by Gasteiger charge is 2.35. The van der Waals surface area contributed by atoms with Crippen molar-refractivity contribution in [2.75, 3.05) is 63.6 Å². The van der Waals surface area contributed by atoms with Gasteiger partial charge in [-0.25, -0.2) is 4.98 Å². The van der Waals surface area contributed by atoms with Crippen molar-refractivity contribution < 1.29 is 22.7 Å². The number of alkyl halides is 3. The summed E-state index contributed by atoms with van der Waals surface area (Å²) in [6.45, 7) is 6.24. The van der Waals surface area contributed by atoms with Gasteiger partial charge in [-0.05, 0) is 68.9 Å². The molecule has 3 heterocycles. The van der Waals surface area contributed by atoms with Crippen LogP contribution in [-0.2, 0) is 22.1 Å². The number of halogens is 3. The van der Waals surface area contributed by atoms with Gasteiger partial charge < -0.3 is 25.2 Å². The number of likely N-dealkylation sites (tertiary alicyclic amines) is 1. The largest absolute Gasteiger partial charge is 0.421 e. The van der Waals surface area contributed by atoms with Crippen LogP contribution in [0, 0.1) is 0 Å². The van der Waals surface area contributed by atoms with Crippen LogP contribution in [0.1, 0.15) is 55.2 Å². The molecule has 0 aliphatic carbocycles. The van der Waals surface area contributed by atoms with Gasteiger partial charge in [0.05, 0.1) is 19.6 Å². The SMILES string of the molecule is CCc1cc(C2CCN(C)CC2)ccc1Nc1ncc(C(F)(F)F)c(NCCCN2CCOCCC2=O)n1. The molecule has 2 aromatic rings. The molecule has 1 aromatic heterocycles. The first-order chi connectivity index (χ1) is 18.2. The quantitative estimate of drug-likeness (QED) is 0.453. The van der Waals surface area contributed by atoms with Crippen LogP contribution in [0.15, 0.2) is 24.4 Å². The third-order valence-corrected chi connectivity index (χ3v) is 7.26. The minimum atomic E-state index is -4.59. The second-order valence-corrected chi connectivity index (χ2v) is 9.95. The van der Waals surface area contributed by atoms with Gasteiger partial charge >= 0.3 is 6.18 Å². The number of hydrogen-bond donors (Lipinski definition) is 2. The van der Waals surface area contributed by atoms with Crippen LogP contribution in [-0.4, -0.2) is 78.7 Å². The van der Waals surface area contributed by atoms with Crippen molar-refractivity contribution >= 4 is 23.4 Å². The molecule has 0 atom stereocenters. The highest BCUT2D eigenvalue weighted by molar-refractivity contribution is 5.76. The zero-order chi connectivity index (χ0) is 27.1. The highest BCUT2D eigenvalue weighted by atomic mass is 19.4. The third kappa shape index (κ3) is 7.35. The van der Waals surface area contributed by atoms with E-state index >= 15 is 0 Å². The Morgan fingerprint density at radius 2 is 1.95 bits per heavy atom. The molecule has 2 N–H and O–H groups in total. The maximum Gasteiger partial charge on any atom is 0.421 e. The normalized spacial score (nSPS) is 17.9. The van der Waals surface area contributed by atoms with Crippen molar-refractivity contribution in [2.45, 2.75) is 51.1 Å². The average Bonchev–Trinajstić information content (AvgIpc) is 3.10. The number of benzene rings is 1. The van der Waals surface area contributed by atoms with Crippen molar-refractivity contribution in [3.05, 3.63) is 41.1 Å². The first-order valence-corrected chi connectivity index (χ1v) is 13.4. The van der Waals surface area contributed by atoms with Gasteiger partial charge in [-0.2, -0.15) is 18.2 Å². The van der Waals surface area contributed by atoms with E-state index in [0.717, 1.165) is 49.8 Å². The first-order valence-electron chi connectivity index (χ1n) is 13.4. The van der Waals surface area contributed by atoms with E-state index in [9.17, 15) is 18.0 Å². The summed E-state index contributed by atoms with van der Waals surface area (Å²) in [7, 11) is 2.14. The van der Waals surface area contributed by atoms with Crippen LogP contribution >= 0.6 is 0 Å². The lowest BCUT2D eigenvalue weighted by molar-refractivity contribution is -0.137. The van der Waals surface area contributed by atoms with Crippen molar-refractivity contribution in [1.29, 1.82) is 0 Å². The van der Waals surface area contributed by atoms with E-state index in [1.165, 1.54) is 5.56 Å². The summed E-state index contributed by atoms with van der Waals surface area (Å²) in [6.07, 6.45) is 0.0236. The number of ether oxygens (including phenoxy) is 1. The van der Waals surface area contributed by atoms with E-state index in [1.807, 2.05) is 6.07 Å². The molecule has 2 aliphatic rings. The van der Waals surface area contributed by atoms with Crippen LogP contribution in [0.3, 0.4) is 0 Å². The van der Waals surface area contributed by atoms with E-state index in [2.05, 4.69) is 51.6 Å². The maximum atomic E-state index is 13.7. The molecule has 208 valence electrons. The number of carbonyl (C=O) groups is 1. The number of carbonyl (C=O) groups excluding carboxylic acids is 1. The predicted octanol–water partition coefficient (Wildman–Crippen LogP) is 4.66. The maximum absolute atomic E-state index is 13.7. The Bertz CT molecular complexity index is 1090. The summed E-state index contributed by atoms with van der Waals surface area (Å²) in [5, 5.41) is 5.95. The molecule has 0 bridgehead atoms. The number of rotatable bonds is 9. The molecule has 11 heteroatoms. The number of nitrogens with one attached hydrogen (secondary N) is 2. The monoisotopic (exact) mass is 534 g/mol. The Balaban J connectivity index is 1.44. The molecule has 0 radical (unpaired) electrons. The van der Waals surface area contributed by atoms with Gasteiger partial charge in [-0.15, -0.1) is 0 Å². The van der Waals surface area contributed by atoms with Crippen molar-refractivity contribution in [2.24, 2.45) is 0 Å². The molecular weight excluding hydrogens is 497 g/mol. The number of aromatic nitrogens is 2. The number of aryl methyl sites for hydroxylation is 1. The second kappa shape index (κ2) is 12.8. The molecule has 2 saturated heterocycles. The number of nitrogens with zero attached hydrogens (tertiary/aromatic N) is 4. The lowest BCUT2D eigenvalue weighted by atomic mass is 9.88. The Morgan fingerprint density at radius 3 is 2.68 bits per heavy atom. The van der Waals surface area contributed by atoms with E-state index < -0.39 is 11.7 Å². The van der Waals surface area contributed by atoms with Gasteiger partial charge in [0.15, 0.2) is 0 Å². The molecule has 2 aliphatic heterocycles. The van der Waals surface area contributed by atoms with Crippen LogP contribution in [0.5, 0.6) is 0 Å². The smallest absolute Gasteiger partial charge is 0.379 e. The number of piperidine rings is 1. The lowest BCUT2D eigenvalue weighted by Crippen LogP contribution is -2.33. The van der Waals surface area contributed by atoms with E-state index in [-0.39, 0.29) is 24.2 Å². The summed E-state index contributed by atoms with van der Waals surface area (Å²) in [5.41, 5.74) is 2.24. The fourth-order valence-corrected chi connectivity index (χ4v) is 4.96. The first kappa shape index (κ1) is 28.1. The fourth-order valence-electron chi connectivity index (χ4n) is 4.96. The van der Waals surface area contributed by atoms with Crippen LogP contribution < -0.4 is 10.6 Å². The number of hydrogen-bond acceptors (Lipinski definition) is 7. The molecule has 1 aromatic carbocycles. The van der Waals surface area contributed by atoms with Gasteiger partial charge in [0.2, 0.25) is 11.9 Å². The molecule has 0 spiro atoms. The van der Waals surface area contributed by atoms with E-state index in [4.69, 9.17) is 4.74 Å². The van der Waals surface area contributed by atoms with Gasteiger partial charge in [0, 0.05) is 31.5 Å². The molecule has 0 saturated carbocycles. The molecule has 38 heavy (non-hydrogen) atoms. The molecule has 1 amide bonds. The van der Waals surface area contributed by atoms with Crippen molar-refractivity contribution in [3.8, 4) is 0 Å². The lowest BCUT2D eigenvalue weighted by Gasteiger charge is -2.29. The molecule has 0 unspecified atom stereocenters. The van der Waals surface area contributed by atoms with Crippen molar-refractivity contribution in [1.82, 2.24) is 19.8 Å². The summed E-state index contributed by atoms with van der Waals surface area (Å²) in [4.78, 5) is 24.3. The van der Waals surface area contributed by atoms with Gasteiger partial charge in [-0.3, -0.25) is 4.79 Å².